The zero-order chi connectivity index (χ0) is 14.2. The molecule has 0 aliphatic heterocycles. The molecular weight excluding hydrogens is 251 g/mol. The largest absolute Gasteiger partial charge is 0.422 e. The molecule has 0 radical (unpaired) electrons. The molecule has 100 valence electrons. The third kappa shape index (κ3) is 2.78. The van der Waals surface area contributed by atoms with Crippen LogP contribution >= 0.6 is 0 Å². The average Bonchev–Trinajstić information content (AvgIpc) is 2.31. The quantitative estimate of drug-likeness (QED) is 0.691. The summed E-state index contributed by atoms with van der Waals surface area (Å²) in [6.45, 7) is 3.92. The molecule has 4 heteroatoms. The Morgan fingerprint density at radius 3 is 2.26 bits per heavy atom. The molecule has 0 N–H and O–H groups in total. The number of hydrogen-bond acceptors (Lipinski definition) is 0. The summed E-state index contributed by atoms with van der Waals surface area (Å²) in [5.74, 6) is 0. The van der Waals surface area contributed by atoms with Crippen LogP contribution in [0, 0.1) is 13.8 Å². The highest BCUT2D eigenvalue weighted by atomic mass is 19.4. The van der Waals surface area contributed by atoms with Crippen molar-refractivity contribution in [2.24, 2.45) is 7.05 Å². The standard InChI is InChI=1S/C15H15F3N/c1-10-4-5-11(2)13(8-10)14-7-6-12(9-19(14)3)15(16,17)18/h4-9H,1-3H3/q+1. The summed E-state index contributed by atoms with van der Waals surface area (Å²) >= 11 is 0. The van der Waals surface area contributed by atoms with Crippen LogP contribution in [0.4, 0.5) is 13.2 Å². The molecule has 2 rings (SSSR count). The Bertz CT molecular complexity index is 615. The van der Waals surface area contributed by atoms with Gasteiger partial charge in [0.05, 0.1) is 0 Å². The normalized spacial score (nSPS) is 11.7. The van der Waals surface area contributed by atoms with Gasteiger partial charge in [-0.05, 0) is 31.5 Å². The van der Waals surface area contributed by atoms with E-state index in [9.17, 15) is 13.2 Å². The molecule has 0 spiro atoms. The summed E-state index contributed by atoms with van der Waals surface area (Å²) in [7, 11) is 1.63. The van der Waals surface area contributed by atoms with E-state index in [0.29, 0.717) is 0 Å². The Morgan fingerprint density at radius 1 is 1.00 bits per heavy atom. The number of nitrogens with zero attached hydrogens (tertiary/aromatic N) is 1. The van der Waals surface area contributed by atoms with Crippen molar-refractivity contribution in [2.75, 3.05) is 0 Å². The van der Waals surface area contributed by atoms with Gasteiger partial charge in [0.25, 0.3) is 0 Å². The number of benzene rings is 1. The third-order valence-electron chi connectivity index (χ3n) is 3.13. The van der Waals surface area contributed by atoms with Gasteiger partial charge in [0.2, 0.25) is 5.69 Å². The van der Waals surface area contributed by atoms with Crippen LogP contribution in [-0.4, -0.2) is 0 Å². The highest BCUT2D eigenvalue weighted by molar-refractivity contribution is 5.62. The summed E-state index contributed by atoms with van der Waals surface area (Å²) in [6, 6.07) is 8.59. The minimum Gasteiger partial charge on any atom is -0.200 e. The average molecular weight is 266 g/mol. The molecule has 0 aliphatic carbocycles. The lowest BCUT2D eigenvalue weighted by Gasteiger charge is -2.08. The van der Waals surface area contributed by atoms with Gasteiger partial charge >= 0.3 is 6.18 Å². The fourth-order valence-corrected chi connectivity index (χ4v) is 2.07. The van der Waals surface area contributed by atoms with Crippen molar-refractivity contribution in [1.29, 1.82) is 0 Å². The first-order valence-corrected chi connectivity index (χ1v) is 5.93. The van der Waals surface area contributed by atoms with Crippen molar-refractivity contribution < 1.29 is 17.7 Å². The summed E-state index contributed by atoms with van der Waals surface area (Å²) in [5.41, 5.74) is 3.22. The van der Waals surface area contributed by atoms with Crippen molar-refractivity contribution in [3.63, 3.8) is 0 Å². The van der Waals surface area contributed by atoms with E-state index in [-0.39, 0.29) is 0 Å². The predicted octanol–water partition coefficient (Wildman–Crippen LogP) is 3.81. The molecule has 19 heavy (non-hydrogen) atoms. The number of aromatic nitrogens is 1. The lowest BCUT2D eigenvalue weighted by atomic mass is 10.0. The van der Waals surface area contributed by atoms with Crippen molar-refractivity contribution in [1.82, 2.24) is 0 Å². The van der Waals surface area contributed by atoms with Gasteiger partial charge < -0.3 is 0 Å². The molecular formula is C15H15F3N+. The molecule has 0 saturated heterocycles. The van der Waals surface area contributed by atoms with Crippen LogP contribution in [0.1, 0.15) is 16.7 Å². The van der Waals surface area contributed by atoms with E-state index in [2.05, 4.69) is 0 Å². The first-order chi connectivity index (χ1) is 8.79. The Labute approximate surface area is 110 Å². The van der Waals surface area contributed by atoms with Crippen LogP contribution in [-0.2, 0) is 13.2 Å². The van der Waals surface area contributed by atoms with E-state index in [1.54, 1.807) is 7.05 Å². The Hall–Kier alpha value is -1.84. The molecule has 0 amide bonds. The van der Waals surface area contributed by atoms with Crippen LogP contribution < -0.4 is 4.57 Å². The van der Waals surface area contributed by atoms with Crippen molar-refractivity contribution >= 4 is 0 Å². The van der Waals surface area contributed by atoms with E-state index >= 15 is 0 Å². The molecule has 1 heterocycles. The van der Waals surface area contributed by atoms with Gasteiger partial charge in [0, 0.05) is 11.6 Å². The number of halogens is 3. The van der Waals surface area contributed by atoms with Gasteiger partial charge in [-0.2, -0.15) is 13.2 Å². The number of pyridine rings is 1. The number of aryl methyl sites for hydroxylation is 3. The maximum Gasteiger partial charge on any atom is 0.422 e. The Kier molecular flexibility index (Phi) is 3.35. The van der Waals surface area contributed by atoms with E-state index in [1.165, 1.54) is 10.6 Å². The second-order valence-corrected chi connectivity index (χ2v) is 4.73. The molecule has 0 bridgehead atoms. The van der Waals surface area contributed by atoms with Crippen LogP contribution in [0.2, 0.25) is 0 Å². The third-order valence-corrected chi connectivity index (χ3v) is 3.13. The fraction of sp³-hybridized carbons (Fsp3) is 0.267. The molecule has 0 atom stereocenters. The molecule has 0 unspecified atom stereocenters. The second kappa shape index (κ2) is 4.68. The van der Waals surface area contributed by atoms with Crippen molar-refractivity contribution in [2.45, 2.75) is 20.0 Å². The molecule has 0 saturated carbocycles. The maximum absolute atomic E-state index is 12.6. The number of alkyl halides is 3. The predicted molar refractivity (Wildman–Crippen MR) is 67.5 cm³/mol. The van der Waals surface area contributed by atoms with E-state index < -0.39 is 11.7 Å². The lowest BCUT2D eigenvalue weighted by Crippen LogP contribution is -2.32. The highest BCUT2D eigenvalue weighted by Crippen LogP contribution is 2.29. The van der Waals surface area contributed by atoms with Crippen LogP contribution in [0.25, 0.3) is 11.3 Å². The summed E-state index contributed by atoms with van der Waals surface area (Å²) in [4.78, 5) is 0. The van der Waals surface area contributed by atoms with Crippen LogP contribution in [0.3, 0.4) is 0 Å². The van der Waals surface area contributed by atoms with E-state index in [4.69, 9.17) is 0 Å². The first-order valence-electron chi connectivity index (χ1n) is 5.93. The van der Waals surface area contributed by atoms with Gasteiger partial charge in [0.1, 0.15) is 12.6 Å². The molecule has 1 nitrogen and oxygen atoms in total. The van der Waals surface area contributed by atoms with Crippen molar-refractivity contribution in [3.05, 3.63) is 53.2 Å². The summed E-state index contributed by atoms with van der Waals surface area (Å²) in [5, 5.41) is 0. The van der Waals surface area contributed by atoms with Gasteiger partial charge in [-0.3, -0.25) is 0 Å². The molecule has 0 fully saturated rings. The second-order valence-electron chi connectivity index (χ2n) is 4.73. The van der Waals surface area contributed by atoms with Gasteiger partial charge in [-0.25, -0.2) is 4.57 Å². The number of rotatable bonds is 1. The van der Waals surface area contributed by atoms with E-state index in [0.717, 1.165) is 34.6 Å². The topological polar surface area (TPSA) is 3.88 Å². The smallest absolute Gasteiger partial charge is 0.200 e. The minimum absolute atomic E-state index is 0.635. The Balaban J connectivity index is 2.55. The lowest BCUT2D eigenvalue weighted by molar-refractivity contribution is -0.661. The zero-order valence-electron chi connectivity index (χ0n) is 11.0. The summed E-state index contributed by atoms with van der Waals surface area (Å²) < 4.78 is 39.4. The first kappa shape index (κ1) is 13.6. The highest BCUT2D eigenvalue weighted by Gasteiger charge is 2.33. The summed E-state index contributed by atoms with van der Waals surface area (Å²) in [6.07, 6.45) is -3.19. The minimum atomic E-state index is -4.31. The van der Waals surface area contributed by atoms with Crippen LogP contribution in [0.5, 0.6) is 0 Å². The molecule has 1 aromatic heterocycles. The maximum atomic E-state index is 12.6. The van der Waals surface area contributed by atoms with Gasteiger partial charge in [-0.15, -0.1) is 0 Å². The number of hydrogen-bond donors (Lipinski definition) is 0. The fourth-order valence-electron chi connectivity index (χ4n) is 2.07. The Morgan fingerprint density at radius 2 is 1.68 bits per heavy atom. The SMILES string of the molecule is Cc1ccc(C)c(-c2ccc(C(F)(F)F)c[n+]2C)c1. The van der Waals surface area contributed by atoms with Gasteiger partial charge in [0.15, 0.2) is 6.20 Å². The zero-order valence-corrected chi connectivity index (χ0v) is 11.0. The van der Waals surface area contributed by atoms with Gasteiger partial charge in [-0.1, -0.05) is 17.7 Å². The van der Waals surface area contributed by atoms with Crippen molar-refractivity contribution in [3.8, 4) is 11.3 Å². The monoisotopic (exact) mass is 266 g/mol. The molecule has 1 aromatic carbocycles. The molecule has 2 aromatic rings. The molecule has 0 aliphatic rings. The van der Waals surface area contributed by atoms with Crippen LogP contribution in [0.15, 0.2) is 36.5 Å². The van der Waals surface area contributed by atoms with E-state index in [1.807, 2.05) is 32.0 Å².